The fraction of sp³-hybridized carbons (Fsp3) is 0.0217. The Kier molecular flexibility index (Phi) is 7.63. The quantitative estimate of drug-likeness (QED) is 0.185. The van der Waals surface area contributed by atoms with Crippen molar-refractivity contribution < 1.29 is 0 Å². The molecule has 51 heavy (non-hydrogen) atoms. The van der Waals surface area contributed by atoms with Gasteiger partial charge in [0.2, 0.25) is 0 Å². The Morgan fingerprint density at radius 1 is 0.490 bits per heavy atom. The average Bonchev–Trinajstić information content (AvgIpc) is 3.57. The highest BCUT2D eigenvalue weighted by atomic mass is 15.1. The Labute approximate surface area is 296 Å². The molecular weight excluding hydrogens is 623 g/mol. The summed E-state index contributed by atoms with van der Waals surface area (Å²) < 4.78 is 2.32. The Morgan fingerprint density at radius 3 is 1.75 bits per heavy atom. The molecule has 8 aromatic rings. The van der Waals surface area contributed by atoms with Gasteiger partial charge in [0.05, 0.1) is 11.0 Å². The van der Waals surface area contributed by atoms with E-state index in [1.54, 1.807) is 0 Å². The number of rotatable bonds is 5. The lowest BCUT2D eigenvalue weighted by molar-refractivity contribution is 1.07. The van der Waals surface area contributed by atoms with E-state index in [9.17, 15) is 0 Å². The van der Waals surface area contributed by atoms with E-state index in [4.69, 9.17) is 15.0 Å². The summed E-state index contributed by atoms with van der Waals surface area (Å²) in [4.78, 5) is 17.6. The van der Waals surface area contributed by atoms with Gasteiger partial charge in [0.25, 0.3) is 0 Å². The lowest BCUT2D eigenvalue weighted by Gasteiger charge is -2.26. The first-order valence-corrected chi connectivity index (χ1v) is 17.1. The number of allylic oxidation sites excluding steroid dienone is 4. The molecule has 0 atom stereocenters. The van der Waals surface area contributed by atoms with Crippen molar-refractivity contribution in [1.82, 2.24) is 19.5 Å². The van der Waals surface area contributed by atoms with Gasteiger partial charge >= 0.3 is 0 Å². The third kappa shape index (κ3) is 5.61. The van der Waals surface area contributed by atoms with Crippen molar-refractivity contribution in [2.24, 2.45) is 0 Å². The number of aromatic nitrogens is 4. The third-order valence-corrected chi connectivity index (χ3v) is 9.40. The number of fused-ring (bicyclic) bond motifs is 4. The maximum atomic E-state index is 5.15. The number of hydrogen-bond acceptors (Lipinski definition) is 4. The second-order valence-corrected chi connectivity index (χ2v) is 12.6. The SMILES string of the molecule is C=C1/C=C\C=C/CN(c2cccc(-c3nc(-c4ccccc4)nc(-c4cccc(-n5c6ccccc6c6ccccc65)c4)n3)c2)c2ccccc21. The van der Waals surface area contributed by atoms with Crippen LogP contribution in [0, 0.1) is 0 Å². The number of benzene rings is 6. The summed E-state index contributed by atoms with van der Waals surface area (Å²) >= 11 is 0. The van der Waals surface area contributed by atoms with Gasteiger partial charge in [-0.3, -0.25) is 0 Å². The molecule has 0 bridgehead atoms. The largest absolute Gasteiger partial charge is 0.337 e. The van der Waals surface area contributed by atoms with Gasteiger partial charge in [-0.05, 0) is 48.0 Å². The topological polar surface area (TPSA) is 46.8 Å². The van der Waals surface area contributed by atoms with E-state index in [0.717, 1.165) is 55.9 Å². The molecule has 6 aromatic carbocycles. The van der Waals surface area contributed by atoms with Crippen LogP contribution in [0.5, 0.6) is 0 Å². The first kappa shape index (κ1) is 30.2. The zero-order valence-corrected chi connectivity index (χ0v) is 27.9. The molecule has 0 saturated carbocycles. The van der Waals surface area contributed by atoms with Crippen molar-refractivity contribution in [3.8, 4) is 39.9 Å². The van der Waals surface area contributed by atoms with E-state index in [1.807, 2.05) is 36.4 Å². The Hall–Kier alpha value is -6.85. The number of para-hydroxylation sites is 3. The van der Waals surface area contributed by atoms with Crippen molar-refractivity contribution >= 4 is 38.8 Å². The van der Waals surface area contributed by atoms with Gasteiger partial charge in [0.15, 0.2) is 17.5 Å². The van der Waals surface area contributed by atoms with E-state index < -0.39 is 0 Å². The van der Waals surface area contributed by atoms with Gasteiger partial charge in [0, 0.05) is 56.6 Å². The molecule has 9 rings (SSSR count). The van der Waals surface area contributed by atoms with Gasteiger partial charge < -0.3 is 9.47 Å². The van der Waals surface area contributed by atoms with Crippen LogP contribution in [0.3, 0.4) is 0 Å². The van der Waals surface area contributed by atoms with Crippen LogP contribution < -0.4 is 4.90 Å². The summed E-state index contributed by atoms with van der Waals surface area (Å²) in [6.07, 6.45) is 8.35. The minimum absolute atomic E-state index is 0.613. The predicted octanol–water partition coefficient (Wildman–Crippen LogP) is 11.2. The van der Waals surface area contributed by atoms with Crippen LogP contribution in [0.25, 0.3) is 67.2 Å². The number of nitrogens with zero attached hydrogens (tertiary/aromatic N) is 5. The lowest BCUT2D eigenvalue weighted by Crippen LogP contribution is -2.18. The maximum Gasteiger partial charge on any atom is 0.164 e. The molecule has 0 radical (unpaired) electrons. The second-order valence-electron chi connectivity index (χ2n) is 12.6. The van der Waals surface area contributed by atoms with Gasteiger partial charge in [0.1, 0.15) is 0 Å². The summed E-state index contributed by atoms with van der Waals surface area (Å²) in [6, 6.07) is 52.6. The zero-order chi connectivity index (χ0) is 34.1. The molecule has 0 spiro atoms. The molecule has 0 N–H and O–H groups in total. The molecule has 0 unspecified atom stereocenters. The third-order valence-electron chi connectivity index (χ3n) is 9.40. The van der Waals surface area contributed by atoms with Crippen LogP contribution in [0.15, 0.2) is 183 Å². The van der Waals surface area contributed by atoms with Crippen LogP contribution in [-0.4, -0.2) is 26.1 Å². The predicted molar refractivity (Wildman–Crippen MR) is 211 cm³/mol. The zero-order valence-electron chi connectivity index (χ0n) is 27.9. The average molecular weight is 656 g/mol. The van der Waals surface area contributed by atoms with E-state index >= 15 is 0 Å². The fourth-order valence-electron chi connectivity index (χ4n) is 6.98. The normalized spacial score (nSPS) is 14.1. The Balaban J connectivity index is 1.19. The molecule has 0 fully saturated rings. The summed E-state index contributed by atoms with van der Waals surface area (Å²) in [7, 11) is 0. The minimum Gasteiger partial charge on any atom is -0.337 e. The lowest BCUT2D eigenvalue weighted by atomic mass is 10.0. The number of hydrogen-bond donors (Lipinski definition) is 0. The molecule has 2 aromatic heterocycles. The monoisotopic (exact) mass is 655 g/mol. The molecule has 5 heteroatoms. The van der Waals surface area contributed by atoms with Crippen LogP contribution >= 0.6 is 0 Å². The molecule has 1 aliphatic heterocycles. The Morgan fingerprint density at radius 2 is 1.04 bits per heavy atom. The molecule has 3 heterocycles. The van der Waals surface area contributed by atoms with Gasteiger partial charge in [-0.15, -0.1) is 0 Å². The molecule has 0 saturated heterocycles. The van der Waals surface area contributed by atoms with Crippen LogP contribution in [0.1, 0.15) is 5.56 Å². The Bertz CT molecular complexity index is 2590. The smallest absolute Gasteiger partial charge is 0.164 e. The number of anilines is 2. The first-order valence-electron chi connectivity index (χ1n) is 17.1. The highest BCUT2D eigenvalue weighted by Gasteiger charge is 2.18. The van der Waals surface area contributed by atoms with Crippen LogP contribution in [0.2, 0.25) is 0 Å². The first-order chi connectivity index (χ1) is 25.2. The fourth-order valence-corrected chi connectivity index (χ4v) is 6.98. The van der Waals surface area contributed by atoms with Crippen LogP contribution in [-0.2, 0) is 0 Å². The standard InChI is InChI=1S/C46H33N5/c1-32-16-4-3-13-29-50(41-26-10-7-23-38(32)41)36-21-14-19-34(30-36)45-47-44(33-17-5-2-6-18-33)48-46(49-45)35-20-15-22-37(31-35)51-42-27-11-8-24-39(42)40-25-9-12-28-43(40)51/h2-28,30-31H,1,29H2/b13-3-,16-4-. The van der Waals surface area contributed by atoms with Crippen molar-refractivity contribution in [1.29, 1.82) is 0 Å². The summed E-state index contributed by atoms with van der Waals surface area (Å²) in [5.74, 6) is 1.86. The van der Waals surface area contributed by atoms with E-state index in [1.165, 1.54) is 10.8 Å². The van der Waals surface area contributed by atoms with Gasteiger partial charge in [-0.25, -0.2) is 15.0 Å². The van der Waals surface area contributed by atoms with Crippen LogP contribution in [0.4, 0.5) is 11.4 Å². The van der Waals surface area contributed by atoms with E-state index in [2.05, 4.69) is 156 Å². The van der Waals surface area contributed by atoms with E-state index in [0.29, 0.717) is 24.0 Å². The van der Waals surface area contributed by atoms with Crippen molar-refractivity contribution in [3.05, 3.63) is 188 Å². The summed E-state index contributed by atoms with van der Waals surface area (Å²) in [5, 5.41) is 2.45. The molecule has 1 aliphatic rings. The van der Waals surface area contributed by atoms with Gasteiger partial charge in [-0.1, -0.05) is 140 Å². The summed E-state index contributed by atoms with van der Waals surface area (Å²) in [6.45, 7) is 5.05. The van der Waals surface area contributed by atoms with E-state index in [-0.39, 0.29) is 0 Å². The minimum atomic E-state index is 0.613. The van der Waals surface area contributed by atoms with Gasteiger partial charge in [-0.2, -0.15) is 0 Å². The van der Waals surface area contributed by atoms with Crippen molar-refractivity contribution in [2.45, 2.75) is 0 Å². The highest BCUT2D eigenvalue weighted by molar-refractivity contribution is 6.09. The highest BCUT2D eigenvalue weighted by Crippen LogP contribution is 2.36. The molecule has 5 nitrogen and oxygen atoms in total. The summed E-state index contributed by atoms with van der Waals surface area (Å²) in [5.41, 5.74) is 10.3. The molecule has 0 aliphatic carbocycles. The molecule has 0 amide bonds. The molecular formula is C46H33N5. The van der Waals surface area contributed by atoms with Crippen molar-refractivity contribution in [3.63, 3.8) is 0 Å². The maximum absolute atomic E-state index is 5.15. The second kappa shape index (κ2) is 12.9. The molecule has 242 valence electrons. The van der Waals surface area contributed by atoms with Crippen molar-refractivity contribution in [2.75, 3.05) is 11.4 Å².